The van der Waals surface area contributed by atoms with Gasteiger partial charge in [-0.2, -0.15) is 11.8 Å². The number of Topliss-reactive ketones (excluding diaryl/α,β-unsaturated/α-hetero) is 1. The number of thiophene rings is 1. The van der Waals surface area contributed by atoms with E-state index in [9.17, 15) is 9.18 Å². The standard InChI is InChI=1S/C34H30F2N2O2S3/c1-42-15-14-37-21-23-2-7-25(8-3-23)33-20-30-34(43-33)32(12-13-38-30)40-31-11-6-24(18-29(31)36)17-28(41)19-27(39)16-22-4-9-26(35)10-5-22/h2-13,18,20,37H,14-17,19,21H2,1H3. The van der Waals surface area contributed by atoms with Crippen LogP contribution in [0.3, 0.4) is 0 Å². The highest BCUT2D eigenvalue weighted by Gasteiger charge is 2.15. The van der Waals surface area contributed by atoms with Gasteiger partial charge >= 0.3 is 0 Å². The molecule has 0 amide bonds. The molecule has 2 aromatic heterocycles. The van der Waals surface area contributed by atoms with Crippen LogP contribution in [0.5, 0.6) is 11.5 Å². The van der Waals surface area contributed by atoms with Crippen LogP contribution in [0.4, 0.5) is 8.78 Å². The highest BCUT2D eigenvalue weighted by Crippen LogP contribution is 2.39. The number of thioether (sulfide) groups is 1. The molecular formula is C34H30F2N2O2S3. The minimum absolute atomic E-state index is 0.0660. The Hall–Kier alpha value is -3.50. The second-order valence-corrected chi connectivity index (χ2v) is 12.7. The SMILES string of the molecule is CSCCNCc1ccc(-c2cc3nccc(Oc4ccc(CC(=S)CC(=O)Cc5ccc(F)cc5)cc4F)c3s2)cc1. The van der Waals surface area contributed by atoms with Crippen LogP contribution in [0, 0.1) is 11.6 Å². The first-order valence-corrected chi connectivity index (χ1v) is 16.4. The maximum absolute atomic E-state index is 15.1. The van der Waals surface area contributed by atoms with E-state index in [0.717, 1.165) is 45.1 Å². The van der Waals surface area contributed by atoms with Crippen LogP contribution in [0.1, 0.15) is 23.1 Å². The molecule has 0 saturated heterocycles. The number of thiocarbonyl (C=S) groups is 1. The largest absolute Gasteiger partial charge is 0.453 e. The monoisotopic (exact) mass is 632 g/mol. The van der Waals surface area contributed by atoms with E-state index in [2.05, 4.69) is 40.8 Å². The maximum atomic E-state index is 15.1. The average Bonchev–Trinajstić information content (AvgIpc) is 3.44. The fourth-order valence-corrected chi connectivity index (χ4v) is 6.34. The molecule has 0 aliphatic heterocycles. The van der Waals surface area contributed by atoms with Crippen LogP contribution in [-0.2, 0) is 24.2 Å². The van der Waals surface area contributed by atoms with Crippen molar-refractivity contribution in [3.05, 3.63) is 113 Å². The van der Waals surface area contributed by atoms with Gasteiger partial charge in [0.25, 0.3) is 0 Å². The second-order valence-electron chi connectivity index (χ2n) is 10.1. The number of carbonyl (C=O) groups is 1. The third-order valence-electron chi connectivity index (χ3n) is 6.75. The van der Waals surface area contributed by atoms with E-state index in [4.69, 9.17) is 17.0 Å². The van der Waals surface area contributed by atoms with Crippen molar-refractivity contribution < 1.29 is 18.3 Å². The Morgan fingerprint density at radius 2 is 1.67 bits per heavy atom. The zero-order chi connectivity index (χ0) is 30.2. The number of halogens is 2. The number of fused-ring (bicyclic) bond motifs is 1. The molecule has 0 aliphatic carbocycles. The molecule has 0 atom stereocenters. The van der Waals surface area contributed by atoms with Crippen molar-refractivity contribution >= 4 is 56.2 Å². The van der Waals surface area contributed by atoms with Gasteiger partial charge in [-0.15, -0.1) is 11.3 Å². The van der Waals surface area contributed by atoms with Crippen LogP contribution in [0.2, 0.25) is 0 Å². The molecule has 1 N–H and O–H groups in total. The predicted octanol–water partition coefficient (Wildman–Crippen LogP) is 8.60. The van der Waals surface area contributed by atoms with Gasteiger partial charge in [-0.05, 0) is 58.8 Å². The van der Waals surface area contributed by atoms with Crippen LogP contribution in [0.15, 0.2) is 85.1 Å². The van der Waals surface area contributed by atoms with Gasteiger partial charge in [-0.3, -0.25) is 9.78 Å². The van der Waals surface area contributed by atoms with E-state index in [0.29, 0.717) is 22.6 Å². The molecule has 4 nitrogen and oxygen atoms in total. The number of benzene rings is 3. The summed E-state index contributed by atoms with van der Waals surface area (Å²) in [6.45, 7) is 1.81. The summed E-state index contributed by atoms with van der Waals surface area (Å²) in [6, 6.07) is 22.8. The number of rotatable bonds is 14. The maximum Gasteiger partial charge on any atom is 0.166 e. The van der Waals surface area contributed by atoms with Crippen LogP contribution in [0.25, 0.3) is 20.7 Å². The molecule has 2 heterocycles. The second kappa shape index (κ2) is 14.8. The van der Waals surface area contributed by atoms with Crippen molar-refractivity contribution in [1.82, 2.24) is 10.3 Å². The van der Waals surface area contributed by atoms with Crippen molar-refractivity contribution in [3.63, 3.8) is 0 Å². The van der Waals surface area contributed by atoms with Gasteiger partial charge in [0.2, 0.25) is 0 Å². The summed E-state index contributed by atoms with van der Waals surface area (Å²) in [5, 5.41) is 3.44. The zero-order valence-electron chi connectivity index (χ0n) is 23.6. The van der Waals surface area contributed by atoms with E-state index in [1.54, 1.807) is 47.9 Å². The Kier molecular flexibility index (Phi) is 10.6. The Bertz CT molecular complexity index is 1720. The lowest BCUT2D eigenvalue weighted by Crippen LogP contribution is -2.16. The Morgan fingerprint density at radius 3 is 2.42 bits per heavy atom. The summed E-state index contributed by atoms with van der Waals surface area (Å²) in [7, 11) is 0. The third-order valence-corrected chi connectivity index (χ3v) is 8.84. The molecule has 0 aliphatic rings. The van der Waals surface area contributed by atoms with Gasteiger partial charge in [-0.1, -0.05) is 54.7 Å². The Balaban J connectivity index is 1.22. The van der Waals surface area contributed by atoms with Gasteiger partial charge in [0.15, 0.2) is 11.6 Å². The lowest BCUT2D eigenvalue weighted by atomic mass is 10.0. The van der Waals surface area contributed by atoms with Crippen LogP contribution in [-0.4, -0.2) is 34.2 Å². The fraction of sp³-hybridized carbons (Fsp3) is 0.206. The Morgan fingerprint density at radius 1 is 0.930 bits per heavy atom. The number of hydrogen-bond donors (Lipinski definition) is 1. The summed E-state index contributed by atoms with van der Waals surface area (Å²) >= 11 is 8.80. The van der Waals surface area contributed by atoms with Crippen LogP contribution < -0.4 is 10.1 Å². The number of nitrogens with zero attached hydrogens (tertiary/aromatic N) is 1. The first-order valence-electron chi connectivity index (χ1n) is 13.8. The molecule has 0 fully saturated rings. The number of pyridine rings is 1. The summed E-state index contributed by atoms with van der Waals surface area (Å²) < 4.78 is 35.1. The van der Waals surface area contributed by atoms with Gasteiger partial charge in [0.05, 0.1) is 10.2 Å². The fourth-order valence-electron chi connectivity index (χ4n) is 4.59. The number of nitrogens with one attached hydrogen (secondary N) is 1. The third kappa shape index (κ3) is 8.54. The zero-order valence-corrected chi connectivity index (χ0v) is 26.0. The molecule has 0 radical (unpaired) electrons. The van der Waals surface area contributed by atoms with Gasteiger partial charge < -0.3 is 10.1 Å². The van der Waals surface area contributed by atoms with E-state index in [1.807, 2.05) is 17.8 Å². The molecule has 0 unspecified atom stereocenters. The molecule has 220 valence electrons. The van der Waals surface area contributed by atoms with Crippen molar-refractivity contribution in [2.24, 2.45) is 0 Å². The van der Waals surface area contributed by atoms with E-state index < -0.39 is 5.82 Å². The van der Waals surface area contributed by atoms with E-state index >= 15 is 4.39 Å². The lowest BCUT2D eigenvalue weighted by Gasteiger charge is -2.10. The highest BCUT2D eigenvalue weighted by molar-refractivity contribution is 7.98. The summed E-state index contributed by atoms with van der Waals surface area (Å²) in [5.41, 5.74) is 4.49. The molecule has 5 aromatic rings. The predicted molar refractivity (Wildman–Crippen MR) is 178 cm³/mol. The molecular weight excluding hydrogens is 603 g/mol. The van der Waals surface area contributed by atoms with Gasteiger partial charge in [-0.25, -0.2) is 8.78 Å². The first kappa shape index (κ1) is 30.9. The number of ether oxygens (including phenoxy) is 1. The molecule has 43 heavy (non-hydrogen) atoms. The number of aromatic nitrogens is 1. The summed E-state index contributed by atoms with van der Waals surface area (Å²) in [4.78, 5) is 18.5. The van der Waals surface area contributed by atoms with Gasteiger partial charge in [0.1, 0.15) is 17.3 Å². The highest BCUT2D eigenvalue weighted by atomic mass is 32.2. The Labute approximate surface area is 263 Å². The van der Waals surface area contributed by atoms with E-state index in [-0.39, 0.29) is 30.2 Å². The minimum atomic E-state index is -0.513. The van der Waals surface area contributed by atoms with Crippen molar-refractivity contribution in [2.45, 2.75) is 25.8 Å². The quantitative estimate of drug-likeness (QED) is 0.0978. The normalized spacial score (nSPS) is 11.1. The number of carbonyl (C=O) groups excluding carboxylic acids is 1. The molecule has 3 aromatic carbocycles. The van der Waals surface area contributed by atoms with Crippen molar-refractivity contribution in [2.75, 3.05) is 18.6 Å². The summed E-state index contributed by atoms with van der Waals surface area (Å²) in [5.74, 6) is 0.793. The van der Waals surface area contributed by atoms with Crippen molar-refractivity contribution in [3.8, 4) is 21.9 Å². The molecule has 0 spiro atoms. The molecule has 9 heteroatoms. The molecule has 0 saturated carbocycles. The number of ketones is 1. The van der Waals surface area contributed by atoms with Gasteiger partial charge in [0, 0.05) is 60.1 Å². The van der Waals surface area contributed by atoms with E-state index in [1.165, 1.54) is 23.8 Å². The first-order chi connectivity index (χ1) is 20.9. The summed E-state index contributed by atoms with van der Waals surface area (Å²) in [6.07, 6.45) is 4.32. The minimum Gasteiger partial charge on any atom is -0.453 e. The van der Waals surface area contributed by atoms with Crippen LogP contribution >= 0.6 is 35.3 Å². The number of hydrogen-bond acceptors (Lipinski definition) is 7. The smallest absolute Gasteiger partial charge is 0.166 e. The lowest BCUT2D eigenvalue weighted by molar-refractivity contribution is -0.117. The molecule has 5 rings (SSSR count). The van der Waals surface area contributed by atoms with Crippen molar-refractivity contribution in [1.29, 1.82) is 0 Å². The topological polar surface area (TPSA) is 51.2 Å². The average molecular weight is 633 g/mol. The molecule has 0 bridgehead atoms.